The summed E-state index contributed by atoms with van der Waals surface area (Å²) in [5.74, 6) is -0.622. The van der Waals surface area contributed by atoms with Gasteiger partial charge in [-0.1, -0.05) is 45.9 Å². The van der Waals surface area contributed by atoms with Gasteiger partial charge in [-0.2, -0.15) is 4.31 Å². The van der Waals surface area contributed by atoms with Crippen molar-refractivity contribution in [2.45, 2.75) is 52.5 Å². The van der Waals surface area contributed by atoms with Gasteiger partial charge in [0.2, 0.25) is 15.9 Å². The van der Waals surface area contributed by atoms with E-state index >= 15 is 0 Å². The Morgan fingerprint density at radius 3 is 2.12 bits per heavy atom. The molecule has 1 unspecified atom stereocenters. The molecule has 0 aromatic heterocycles. The molecule has 0 aliphatic carbocycles. The highest BCUT2D eigenvalue weighted by atomic mass is 32.2. The third-order valence-electron chi connectivity index (χ3n) is 5.51. The van der Waals surface area contributed by atoms with Crippen molar-refractivity contribution < 1.29 is 18.0 Å². The fourth-order valence-corrected chi connectivity index (χ4v) is 4.96. The molecular weight excluding hydrogens is 440 g/mol. The Morgan fingerprint density at radius 2 is 1.58 bits per heavy atom. The van der Waals surface area contributed by atoms with Crippen LogP contribution in [0.15, 0.2) is 47.4 Å². The lowest BCUT2D eigenvalue weighted by atomic mass is 10.0. The van der Waals surface area contributed by atoms with Crippen LogP contribution in [0.3, 0.4) is 0 Å². The molecule has 9 heteroatoms. The van der Waals surface area contributed by atoms with Crippen molar-refractivity contribution in [1.29, 1.82) is 0 Å². The minimum Gasteiger partial charge on any atom is -0.326 e. The number of amides is 3. The van der Waals surface area contributed by atoms with Crippen LogP contribution in [0.25, 0.3) is 0 Å². The second-order valence-electron chi connectivity index (χ2n) is 8.18. The number of aryl methyl sites for hydroxylation is 1. The zero-order chi connectivity index (χ0) is 24.8. The van der Waals surface area contributed by atoms with Gasteiger partial charge in [0.15, 0.2) is 0 Å². The summed E-state index contributed by atoms with van der Waals surface area (Å²) in [7, 11) is -3.69. The van der Waals surface area contributed by atoms with Gasteiger partial charge in [-0.05, 0) is 55.2 Å². The maximum absolute atomic E-state index is 13.1. The topological polar surface area (TPSA) is 108 Å². The van der Waals surface area contributed by atoms with Crippen LogP contribution in [-0.4, -0.2) is 43.8 Å². The fourth-order valence-electron chi connectivity index (χ4n) is 3.39. The minimum absolute atomic E-state index is 0.125. The van der Waals surface area contributed by atoms with E-state index in [1.807, 2.05) is 26.8 Å². The van der Waals surface area contributed by atoms with E-state index in [2.05, 4.69) is 16.0 Å². The second kappa shape index (κ2) is 11.3. The highest BCUT2D eigenvalue weighted by Crippen LogP contribution is 2.26. The van der Waals surface area contributed by atoms with Crippen LogP contribution in [0.2, 0.25) is 0 Å². The number of hydrogen-bond donors (Lipinski definition) is 3. The number of nitrogens with zero attached hydrogens (tertiary/aromatic N) is 1. The van der Waals surface area contributed by atoms with Crippen molar-refractivity contribution >= 4 is 33.3 Å². The number of rotatable bonds is 9. The second-order valence-corrected chi connectivity index (χ2v) is 10.1. The van der Waals surface area contributed by atoms with E-state index in [0.29, 0.717) is 24.5 Å². The maximum atomic E-state index is 13.1. The number of nitrogens with one attached hydrogen (secondary N) is 3. The molecule has 0 fully saturated rings. The first kappa shape index (κ1) is 26.3. The monoisotopic (exact) mass is 474 g/mol. The zero-order valence-electron chi connectivity index (χ0n) is 20.1. The third-order valence-corrected chi connectivity index (χ3v) is 7.54. The molecule has 0 bridgehead atoms. The van der Waals surface area contributed by atoms with Gasteiger partial charge >= 0.3 is 6.03 Å². The summed E-state index contributed by atoms with van der Waals surface area (Å²) in [6.45, 7) is 11.5. The molecule has 0 saturated heterocycles. The number of benzene rings is 2. The molecule has 0 radical (unpaired) electrons. The SMILES string of the molecule is CCN(CC)S(=O)(=O)c1cc(C)c(C)c(NC(=O)C(NC(=O)Nc2ccccc2)C(C)C)c1. The Bertz CT molecular complexity index is 1080. The predicted molar refractivity (Wildman–Crippen MR) is 132 cm³/mol. The number of para-hydroxylation sites is 1. The number of carbonyl (C=O) groups excluding carboxylic acids is 2. The van der Waals surface area contributed by atoms with Crippen LogP contribution < -0.4 is 16.0 Å². The van der Waals surface area contributed by atoms with Crippen molar-refractivity contribution in [3.63, 3.8) is 0 Å². The van der Waals surface area contributed by atoms with Gasteiger partial charge < -0.3 is 16.0 Å². The van der Waals surface area contributed by atoms with Crippen LogP contribution in [0.1, 0.15) is 38.8 Å². The average Bonchev–Trinajstić information content (AvgIpc) is 2.76. The summed E-state index contributed by atoms with van der Waals surface area (Å²) in [5, 5.41) is 8.24. The van der Waals surface area contributed by atoms with Gasteiger partial charge in [-0.3, -0.25) is 4.79 Å². The molecule has 2 aromatic carbocycles. The Labute approximate surface area is 196 Å². The largest absolute Gasteiger partial charge is 0.326 e. The molecule has 33 heavy (non-hydrogen) atoms. The van der Waals surface area contributed by atoms with Crippen LogP contribution in [0.5, 0.6) is 0 Å². The van der Waals surface area contributed by atoms with Gasteiger partial charge in [0, 0.05) is 24.5 Å². The van der Waals surface area contributed by atoms with E-state index in [9.17, 15) is 18.0 Å². The molecule has 8 nitrogen and oxygen atoms in total. The quantitative estimate of drug-likeness (QED) is 0.508. The molecule has 0 heterocycles. The summed E-state index contributed by atoms with van der Waals surface area (Å²) in [5.41, 5.74) is 2.52. The van der Waals surface area contributed by atoms with Gasteiger partial charge in [-0.15, -0.1) is 0 Å². The molecule has 3 N–H and O–H groups in total. The molecule has 3 amide bonds. The standard InChI is InChI=1S/C24H34N4O4S/c1-7-28(8-2)33(31,32)20-14-17(5)18(6)21(15-20)26-23(29)22(16(3)4)27-24(30)25-19-12-10-9-11-13-19/h9-16,22H,7-8H2,1-6H3,(H,26,29)(H2,25,27,30). The zero-order valence-corrected chi connectivity index (χ0v) is 20.9. The highest BCUT2D eigenvalue weighted by molar-refractivity contribution is 7.89. The Kier molecular flexibility index (Phi) is 9.01. The van der Waals surface area contributed by atoms with E-state index in [-0.39, 0.29) is 10.8 Å². The number of sulfonamides is 1. The van der Waals surface area contributed by atoms with Crippen molar-refractivity contribution in [1.82, 2.24) is 9.62 Å². The molecule has 2 rings (SSSR count). The minimum atomic E-state index is -3.69. The Hall–Kier alpha value is -2.91. The molecule has 0 spiro atoms. The average molecular weight is 475 g/mol. The van der Waals surface area contributed by atoms with E-state index in [1.54, 1.807) is 51.1 Å². The summed E-state index contributed by atoms with van der Waals surface area (Å²) >= 11 is 0. The van der Waals surface area contributed by atoms with Crippen molar-refractivity contribution in [2.24, 2.45) is 5.92 Å². The first-order valence-corrected chi connectivity index (χ1v) is 12.5. The lowest BCUT2D eigenvalue weighted by Gasteiger charge is -2.24. The molecule has 2 aromatic rings. The first-order valence-electron chi connectivity index (χ1n) is 11.1. The third kappa shape index (κ3) is 6.55. The Balaban J connectivity index is 2.27. The summed E-state index contributed by atoms with van der Waals surface area (Å²) < 4.78 is 27.4. The van der Waals surface area contributed by atoms with Crippen LogP contribution in [-0.2, 0) is 14.8 Å². The molecule has 180 valence electrons. The van der Waals surface area contributed by atoms with Crippen molar-refractivity contribution in [2.75, 3.05) is 23.7 Å². The van der Waals surface area contributed by atoms with Gasteiger partial charge in [0.25, 0.3) is 0 Å². The van der Waals surface area contributed by atoms with Gasteiger partial charge in [0.1, 0.15) is 6.04 Å². The Morgan fingerprint density at radius 1 is 0.970 bits per heavy atom. The van der Waals surface area contributed by atoms with Crippen molar-refractivity contribution in [3.05, 3.63) is 53.6 Å². The molecular formula is C24H34N4O4S. The van der Waals surface area contributed by atoms with Crippen LogP contribution >= 0.6 is 0 Å². The van der Waals surface area contributed by atoms with Crippen LogP contribution in [0, 0.1) is 19.8 Å². The van der Waals surface area contributed by atoms with E-state index in [4.69, 9.17) is 0 Å². The van der Waals surface area contributed by atoms with Crippen LogP contribution in [0.4, 0.5) is 16.2 Å². The van der Waals surface area contributed by atoms with E-state index < -0.39 is 28.0 Å². The van der Waals surface area contributed by atoms with Gasteiger partial charge in [-0.25, -0.2) is 13.2 Å². The molecule has 0 saturated carbocycles. The smallest absolute Gasteiger partial charge is 0.319 e. The first-order chi connectivity index (χ1) is 15.5. The normalized spacial score (nSPS) is 12.5. The lowest BCUT2D eigenvalue weighted by Crippen LogP contribution is -2.48. The number of anilines is 2. The summed E-state index contributed by atoms with van der Waals surface area (Å²) in [6.07, 6.45) is 0. The fraction of sp³-hybridized carbons (Fsp3) is 0.417. The number of urea groups is 1. The summed E-state index contributed by atoms with van der Waals surface area (Å²) in [4.78, 5) is 25.7. The predicted octanol–water partition coefficient (Wildman–Crippen LogP) is 4.12. The van der Waals surface area contributed by atoms with Crippen molar-refractivity contribution in [3.8, 4) is 0 Å². The summed E-state index contributed by atoms with van der Waals surface area (Å²) in [6, 6.07) is 10.7. The highest BCUT2D eigenvalue weighted by Gasteiger charge is 2.27. The van der Waals surface area contributed by atoms with E-state index in [1.165, 1.54) is 10.4 Å². The lowest BCUT2D eigenvalue weighted by molar-refractivity contribution is -0.118. The van der Waals surface area contributed by atoms with E-state index in [0.717, 1.165) is 11.1 Å². The number of hydrogen-bond acceptors (Lipinski definition) is 4. The number of carbonyl (C=O) groups is 2. The molecule has 1 atom stereocenters. The van der Waals surface area contributed by atoms with Gasteiger partial charge in [0.05, 0.1) is 4.90 Å². The maximum Gasteiger partial charge on any atom is 0.319 e. The molecule has 0 aliphatic rings. The molecule has 0 aliphatic heterocycles.